The molecule has 1 atom stereocenters. The SMILES string of the molecule is COc1ccc(C2CCN(C(=O)C(=O)c3ccc(C(C)(C)C)cc3)C2)cc1. The average molecular weight is 365 g/mol. The summed E-state index contributed by atoms with van der Waals surface area (Å²) in [5.74, 6) is 0.245. The van der Waals surface area contributed by atoms with Crippen LogP contribution in [0, 0.1) is 0 Å². The van der Waals surface area contributed by atoms with Gasteiger partial charge in [0.05, 0.1) is 7.11 Å². The van der Waals surface area contributed by atoms with Gasteiger partial charge in [0, 0.05) is 24.6 Å². The van der Waals surface area contributed by atoms with E-state index in [1.54, 1.807) is 24.1 Å². The van der Waals surface area contributed by atoms with Crippen molar-refractivity contribution in [2.45, 2.75) is 38.5 Å². The molecule has 0 aliphatic carbocycles. The van der Waals surface area contributed by atoms with Crippen molar-refractivity contribution in [1.82, 2.24) is 4.90 Å². The second kappa shape index (κ2) is 7.55. The molecule has 0 spiro atoms. The first kappa shape index (κ1) is 19.2. The summed E-state index contributed by atoms with van der Waals surface area (Å²) in [6.45, 7) is 7.56. The lowest BCUT2D eigenvalue weighted by Crippen LogP contribution is -2.34. The number of hydrogen-bond donors (Lipinski definition) is 0. The molecule has 2 aromatic rings. The molecule has 0 aromatic heterocycles. The molecule has 142 valence electrons. The van der Waals surface area contributed by atoms with Gasteiger partial charge in [0.2, 0.25) is 5.78 Å². The fourth-order valence-corrected chi connectivity index (χ4v) is 3.48. The van der Waals surface area contributed by atoms with Gasteiger partial charge in [-0.1, -0.05) is 57.2 Å². The smallest absolute Gasteiger partial charge is 0.294 e. The van der Waals surface area contributed by atoms with Gasteiger partial charge < -0.3 is 9.64 Å². The second-order valence-corrected chi connectivity index (χ2v) is 8.17. The summed E-state index contributed by atoms with van der Waals surface area (Å²) < 4.78 is 5.19. The Labute approximate surface area is 161 Å². The van der Waals surface area contributed by atoms with Crippen LogP contribution in [-0.2, 0) is 10.2 Å². The summed E-state index contributed by atoms with van der Waals surface area (Å²) in [6.07, 6.45) is 0.869. The van der Waals surface area contributed by atoms with Gasteiger partial charge in [-0.25, -0.2) is 0 Å². The van der Waals surface area contributed by atoms with Gasteiger partial charge in [0.15, 0.2) is 0 Å². The number of Topliss-reactive ketones (excluding diaryl/α,β-unsaturated/α-hetero) is 1. The zero-order valence-electron chi connectivity index (χ0n) is 16.5. The van der Waals surface area contributed by atoms with E-state index < -0.39 is 11.7 Å². The van der Waals surface area contributed by atoms with Crippen LogP contribution in [0.3, 0.4) is 0 Å². The molecular formula is C23H27NO3. The van der Waals surface area contributed by atoms with Crippen LogP contribution in [0.2, 0.25) is 0 Å². The lowest BCUT2D eigenvalue weighted by Gasteiger charge is -2.19. The van der Waals surface area contributed by atoms with Crippen LogP contribution in [0.4, 0.5) is 0 Å². The number of rotatable bonds is 4. The van der Waals surface area contributed by atoms with Crippen molar-refractivity contribution in [3.05, 3.63) is 65.2 Å². The minimum atomic E-state index is -0.425. The van der Waals surface area contributed by atoms with Gasteiger partial charge in [0.1, 0.15) is 5.75 Å². The van der Waals surface area contributed by atoms with E-state index in [2.05, 4.69) is 20.8 Å². The van der Waals surface area contributed by atoms with E-state index in [1.807, 2.05) is 36.4 Å². The average Bonchev–Trinajstić information content (AvgIpc) is 3.16. The third-order valence-corrected chi connectivity index (χ3v) is 5.27. The molecule has 1 aliphatic rings. The maximum absolute atomic E-state index is 12.7. The molecule has 3 rings (SSSR count). The quantitative estimate of drug-likeness (QED) is 0.603. The molecule has 0 bridgehead atoms. The number of benzene rings is 2. The number of methoxy groups -OCH3 is 1. The van der Waals surface area contributed by atoms with Gasteiger partial charge in [-0.05, 0) is 35.1 Å². The Morgan fingerprint density at radius 1 is 1.00 bits per heavy atom. The summed E-state index contributed by atoms with van der Waals surface area (Å²) in [5, 5.41) is 0. The highest BCUT2D eigenvalue weighted by Gasteiger charge is 2.31. The Morgan fingerprint density at radius 3 is 2.19 bits per heavy atom. The number of nitrogens with zero attached hydrogens (tertiary/aromatic N) is 1. The van der Waals surface area contributed by atoms with Crippen LogP contribution >= 0.6 is 0 Å². The van der Waals surface area contributed by atoms with E-state index in [-0.39, 0.29) is 11.3 Å². The fraction of sp³-hybridized carbons (Fsp3) is 0.391. The van der Waals surface area contributed by atoms with Crippen molar-refractivity contribution in [2.24, 2.45) is 0 Å². The number of carbonyl (C=O) groups is 2. The van der Waals surface area contributed by atoms with Gasteiger partial charge in [0.25, 0.3) is 5.91 Å². The van der Waals surface area contributed by atoms with E-state index in [0.717, 1.165) is 17.7 Å². The summed E-state index contributed by atoms with van der Waals surface area (Å²) in [7, 11) is 1.64. The number of carbonyl (C=O) groups excluding carboxylic acids is 2. The molecular weight excluding hydrogens is 338 g/mol. The summed E-state index contributed by atoms with van der Waals surface area (Å²) in [4.78, 5) is 26.9. The summed E-state index contributed by atoms with van der Waals surface area (Å²) >= 11 is 0. The molecule has 1 saturated heterocycles. The van der Waals surface area contributed by atoms with Crippen molar-refractivity contribution in [3.63, 3.8) is 0 Å². The fourth-order valence-electron chi connectivity index (χ4n) is 3.48. The Morgan fingerprint density at radius 2 is 1.63 bits per heavy atom. The Bertz CT molecular complexity index is 816. The lowest BCUT2D eigenvalue weighted by molar-refractivity contribution is -0.125. The summed E-state index contributed by atoms with van der Waals surface area (Å²) in [6, 6.07) is 15.3. The summed E-state index contributed by atoms with van der Waals surface area (Å²) in [5.41, 5.74) is 2.80. The minimum Gasteiger partial charge on any atom is -0.497 e. The predicted octanol–water partition coefficient (Wildman–Crippen LogP) is 4.19. The van der Waals surface area contributed by atoms with E-state index in [1.165, 1.54) is 5.56 Å². The largest absolute Gasteiger partial charge is 0.497 e. The number of likely N-dealkylation sites (tertiary alicyclic amines) is 1. The van der Waals surface area contributed by atoms with Gasteiger partial charge in [-0.15, -0.1) is 0 Å². The molecule has 0 radical (unpaired) electrons. The molecule has 4 heteroatoms. The normalized spacial score (nSPS) is 17.0. The first-order chi connectivity index (χ1) is 12.8. The monoisotopic (exact) mass is 365 g/mol. The van der Waals surface area contributed by atoms with Crippen LogP contribution in [0.1, 0.15) is 54.6 Å². The van der Waals surface area contributed by atoms with Crippen molar-refractivity contribution in [2.75, 3.05) is 20.2 Å². The predicted molar refractivity (Wildman–Crippen MR) is 106 cm³/mol. The molecule has 1 unspecified atom stereocenters. The third kappa shape index (κ3) is 4.21. The maximum atomic E-state index is 12.7. The molecule has 27 heavy (non-hydrogen) atoms. The zero-order chi connectivity index (χ0) is 19.6. The van der Waals surface area contributed by atoms with Crippen LogP contribution < -0.4 is 4.74 Å². The first-order valence-electron chi connectivity index (χ1n) is 9.37. The molecule has 0 N–H and O–H groups in total. The number of ether oxygens (including phenoxy) is 1. The Hall–Kier alpha value is -2.62. The van der Waals surface area contributed by atoms with E-state index in [0.29, 0.717) is 18.7 Å². The third-order valence-electron chi connectivity index (χ3n) is 5.27. The standard InChI is InChI=1S/C23H27NO3/c1-23(2,3)19-9-5-17(6-10-19)21(25)22(26)24-14-13-18(15-24)16-7-11-20(27-4)12-8-16/h5-12,18H,13-15H2,1-4H3. The van der Waals surface area contributed by atoms with E-state index in [9.17, 15) is 9.59 Å². The molecule has 1 amide bonds. The van der Waals surface area contributed by atoms with Crippen LogP contribution in [0.15, 0.2) is 48.5 Å². The first-order valence-corrected chi connectivity index (χ1v) is 9.37. The number of ketones is 1. The van der Waals surface area contributed by atoms with Gasteiger partial charge >= 0.3 is 0 Å². The van der Waals surface area contributed by atoms with E-state index >= 15 is 0 Å². The molecule has 1 fully saturated rings. The van der Waals surface area contributed by atoms with Crippen molar-refractivity contribution >= 4 is 11.7 Å². The number of amides is 1. The molecule has 1 aliphatic heterocycles. The maximum Gasteiger partial charge on any atom is 0.294 e. The zero-order valence-corrected chi connectivity index (χ0v) is 16.5. The van der Waals surface area contributed by atoms with Crippen molar-refractivity contribution < 1.29 is 14.3 Å². The van der Waals surface area contributed by atoms with E-state index in [4.69, 9.17) is 4.74 Å². The molecule has 4 nitrogen and oxygen atoms in total. The Balaban J connectivity index is 1.66. The van der Waals surface area contributed by atoms with Gasteiger partial charge in [-0.3, -0.25) is 9.59 Å². The topological polar surface area (TPSA) is 46.6 Å². The van der Waals surface area contributed by atoms with Crippen molar-refractivity contribution in [1.29, 1.82) is 0 Å². The highest BCUT2D eigenvalue weighted by atomic mass is 16.5. The highest BCUT2D eigenvalue weighted by Crippen LogP contribution is 2.29. The molecule has 1 heterocycles. The number of hydrogen-bond acceptors (Lipinski definition) is 3. The molecule has 2 aromatic carbocycles. The minimum absolute atomic E-state index is 0.0200. The lowest BCUT2D eigenvalue weighted by atomic mass is 9.86. The Kier molecular flexibility index (Phi) is 5.36. The van der Waals surface area contributed by atoms with Crippen LogP contribution in [0.5, 0.6) is 5.75 Å². The van der Waals surface area contributed by atoms with Gasteiger partial charge in [-0.2, -0.15) is 0 Å². The molecule has 0 saturated carbocycles. The van der Waals surface area contributed by atoms with Crippen LogP contribution in [0.25, 0.3) is 0 Å². The van der Waals surface area contributed by atoms with Crippen LogP contribution in [-0.4, -0.2) is 36.8 Å². The second-order valence-electron chi connectivity index (χ2n) is 8.17. The highest BCUT2D eigenvalue weighted by molar-refractivity contribution is 6.42. The van der Waals surface area contributed by atoms with Crippen molar-refractivity contribution in [3.8, 4) is 5.75 Å².